The van der Waals surface area contributed by atoms with Gasteiger partial charge in [-0.15, -0.1) is 0 Å². The summed E-state index contributed by atoms with van der Waals surface area (Å²) in [7, 11) is 1.69. The van der Waals surface area contributed by atoms with Crippen molar-refractivity contribution in [2.45, 2.75) is 20.8 Å². The van der Waals surface area contributed by atoms with Gasteiger partial charge in [-0.25, -0.2) is 9.97 Å². The number of anilines is 3. The number of aryl methyl sites for hydroxylation is 2. The van der Waals surface area contributed by atoms with Gasteiger partial charge in [0, 0.05) is 32.0 Å². The first-order chi connectivity index (χ1) is 10.6. The van der Waals surface area contributed by atoms with Crippen molar-refractivity contribution in [1.29, 1.82) is 0 Å². The molecular formula is C17H24N4O. The van der Waals surface area contributed by atoms with E-state index in [2.05, 4.69) is 58.3 Å². The lowest BCUT2D eigenvalue weighted by molar-refractivity contribution is 0.210. The minimum absolute atomic E-state index is 0.647. The largest absolute Gasteiger partial charge is 0.383 e. The molecule has 5 heteroatoms. The van der Waals surface area contributed by atoms with E-state index >= 15 is 0 Å². The van der Waals surface area contributed by atoms with Gasteiger partial charge in [-0.1, -0.05) is 12.1 Å². The van der Waals surface area contributed by atoms with Crippen LogP contribution >= 0.6 is 0 Å². The van der Waals surface area contributed by atoms with Crippen molar-refractivity contribution in [3.8, 4) is 0 Å². The number of benzene rings is 1. The van der Waals surface area contributed by atoms with Crippen molar-refractivity contribution >= 4 is 17.3 Å². The number of rotatable bonds is 7. The molecule has 5 nitrogen and oxygen atoms in total. The van der Waals surface area contributed by atoms with E-state index in [1.807, 2.05) is 13.0 Å². The molecule has 2 rings (SSSR count). The first-order valence-electron chi connectivity index (χ1n) is 7.56. The zero-order chi connectivity index (χ0) is 15.9. The molecule has 0 radical (unpaired) electrons. The third-order valence-electron chi connectivity index (χ3n) is 3.34. The van der Waals surface area contributed by atoms with Crippen LogP contribution in [-0.2, 0) is 4.74 Å². The number of methoxy groups -OCH3 is 1. The lowest BCUT2D eigenvalue weighted by atomic mass is 10.2. The molecule has 0 atom stereocenters. The first kappa shape index (κ1) is 16.2. The van der Waals surface area contributed by atoms with E-state index in [1.54, 1.807) is 7.11 Å². The molecule has 0 spiro atoms. The van der Waals surface area contributed by atoms with Crippen molar-refractivity contribution in [2.24, 2.45) is 0 Å². The van der Waals surface area contributed by atoms with Crippen LogP contribution in [0.5, 0.6) is 0 Å². The smallest absolute Gasteiger partial charge is 0.138 e. The van der Waals surface area contributed by atoms with Crippen LogP contribution in [-0.4, -0.2) is 36.8 Å². The number of nitrogens with zero attached hydrogens (tertiary/aromatic N) is 3. The molecule has 1 aromatic carbocycles. The van der Waals surface area contributed by atoms with Gasteiger partial charge < -0.3 is 15.0 Å². The van der Waals surface area contributed by atoms with E-state index in [9.17, 15) is 0 Å². The van der Waals surface area contributed by atoms with Crippen molar-refractivity contribution in [1.82, 2.24) is 9.97 Å². The maximum atomic E-state index is 5.06. The highest BCUT2D eigenvalue weighted by atomic mass is 16.5. The summed E-state index contributed by atoms with van der Waals surface area (Å²) in [4.78, 5) is 11.2. The number of ether oxygens (including phenoxy) is 1. The van der Waals surface area contributed by atoms with E-state index < -0.39 is 0 Å². The highest BCUT2D eigenvalue weighted by molar-refractivity contribution is 5.63. The third kappa shape index (κ3) is 4.18. The summed E-state index contributed by atoms with van der Waals surface area (Å²) in [5, 5.41) is 3.27. The van der Waals surface area contributed by atoms with Gasteiger partial charge in [-0.2, -0.15) is 0 Å². The molecule has 0 saturated heterocycles. The summed E-state index contributed by atoms with van der Waals surface area (Å²) in [6.45, 7) is 8.35. The van der Waals surface area contributed by atoms with E-state index in [1.165, 1.54) is 5.56 Å². The Morgan fingerprint density at radius 3 is 2.68 bits per heavy atom. The molecule has 22 heavy (non-hydrogen) atoms. The molecule has 1 aromatic heterocycles. The minimum atomic E-state index is 0.647. The van der Waals surface area contributed by atoms with E-state index in [0.29, 0.717) is 6.61 Å². The summed E-state index contributed by atoms with van der Waals surface area (Å²) < 4.78 is 5.06. The first-order valence-corrected chi connectivity index (χ1v) is 7.56. The molecule has 2 aromatic rings. The molecule has 0 aliphatic carbocycles. The molecule has 1 N–H and O–H groups in total. The average Bonchev–Trinajstić information content (AvgIpc) is 2.48. The molecule has 0 unspecified atom stereocenters. The van der Waals surface area contributed by atoms with E-state index in [-0.39, 0.29) is 0 Å². The molecule has 0 bridgehead atoms. The van der Waals surface area contributed by atoms with Gasteiger partial charge in [0.25, 0.3) is 0 Å². The maximum absolute atomic E-state index is 5.06. The van der Waals surface area contributed by atoms with Crippen LogP contribution in [0.4, 0.5) is 17.3 Å². The summed E-state index contributed by atoms with van der Waals surface area (Å²) in [6.07, 6.45) is 0. The van der Waals surface area contributed by atoms with E-state index in [0.717, 1.165) is 36.2 Å². The summed E-state index contributed by atoms with van der Waals surface area (Å²) in [5.41, 5.74) is 2.38. The molecular weight excluding hydrogens is 276 g/mol. The standard InChI is InChI=1S/C17H24N4O/c1-5-21(15-8-6-7-13(2)11-15)17-12-16(18-9-10-22-4)19-14(3)20-17/h6-8,11-12H,5,9-10H2,1-4H3,(H,18,19,20). The number of hydrogen-bond acceptors (Lipinski definition) is 5. The van der Waals surface area contributed by atoms with Crippen LogP contribution in [0.2, 0.25) is 0 Å². The Balaban J connectivity index is 2.28. The van der Waals surface area contributed by atoms with Crippen LogP contribution < -0.4 is 10.2 Å². The normalized spacial score (nSPS) is 10.5. The molecule has 0 fully saturated rings. The van der Waals surface area contributed by atoms with Gasteiger partial charge >= 0.3 is 0 Å². The van der Waals surface area contributed by atoms with Gasteiger partial charge in [0.15, 0.2) is 0 Å². The monoisotopic (exact) mass is 300 g/mol. The fourth-order valence-electron chi connectivity index (χ4n) is 2.33. The van der Waals surface area contributed by atoms with Gasteiger partial charge in [0.1, 0.15) is 17.5 Å². The number of nitrogens with one attached hydrogen (secondary N) is 1. The highest BCUT2D eigenvalue weighted by Gasteiger charge is 2.11. The zero-order valence-corrected chi connectivity index (χ0v) is 13.8. The second-order valence-electron chi connectivity index (χ2n) is 5.16. The Morgan fingerprint density at radius 2 is 2.00 bits per heavy atom. The quantitative estimate of drug-likeness (QED) is 0.795. The van der Waals surface area contributed by atoms with Crippen molar-refractivity contribution in [3.63, 3.8) is 0 Å². The van der Waals surface area contributed by atoms with Crippen LogP contribution in [0.3, 0.4) is 0 Å². The van der Waals surface area contributed by atoms with Gasteiger partial charge in [-0.05, 0) is 38.5 Å². The van der Waals surface area contributed by atoms with Crippen molar-refractivity contribution in [3.05, 3.63) is 41.7 Å². The number of aromatic nitrogens is 2. The lowest BCUT2D eigenvalue weighted by Crippen LogP contribution is -2.19. The van der Waals surface area contributed by atoms with Gasteiger partial charge in [-0.3, -0.25) is 0 Å². The Kier molecular flexibility index (Phi) is 5.72. The topological polar surface area (TPSA) is 50.3 Å². The fourth-order valence-corrected chi connectivity index (χ4v) is 2.33. The molecule has 0 amide bonds. The summed E-state index contributed by atoms with van der Waals surface area (Å²) >= 11 is 0. The Bertz CT molecular complexity index is 615. The molecule has 118 valence electrons. The minimum Gasteiger partial charge on any atom is -0.383 e. The predicted octanol–water partition coefficient (Wildman–Crippen LogP) is 3.31. The van der Waals surface area contributed by atoms with E-state index in [4.69, 9.17) is 4.74 Å². The summed E-state index contributed by atoms with van der Waals surface area (Å²) in [6, 6.07) is 10.4. The van der Waals surface area contributed by atoms with Crippen LogP contribution in [0.15, 0.2) is 30.3 Å². The average molecular weight is 300 g/mol. The van der Waals surface area contributed by atoms with Gasteiger partial charge in [0.05, 0.1) is 6.61 Å². The molecule has 0 saturated carbocycles. The predicted molar refractivity (Wildman–Crippen MR) is 91.0 cm³/mol. The molecule has 0 aliphatic heterocycles. The Hall–Kier alpha value is -2.14. The van der Waals surface area contributed by atoms with Crippen LogP contribution in [0.25, 0.3) is 0 Å². The Morgan fingerprint density at radius 1 is 1.18 bits per heavy atom. The second kappa shape index (κ2) is 7.75. The van der Waals surface area contributed by atoms with Crippen LogP contribution in [0, 0.1) is 13.8 Å². The fraction of sp³-hybridized carbons (Fsp3) is 0.412. The SMILES string of the molecule is CCN(c1cccc(C)c1)c1cc(NCCOC)nc(C)n1. The maximum Gasteiger partial charge on any atom is 0.138 e. The third-order valence-corrected chi connectivity index (χ3v) is 3.34. The highest BCUT2D eigenvalue weighted by Crippen LogP contribution is 2.25. The van der Waals surface area contributed by atoms with Crippen LogP contribution in [0.1, 0.15) is 18.3 Å². The molecule has 1 heterocycles. The lowest BCUT2D eigenvalue weighted by Gasteiger charge is -2.23. The second-order valence-corrected chi connectivity index (χ2v) is 5.16. The van der Waals surface area contributed by atoms with Crippen molar-refractivity contribution in [2.75, 3.05) is 37.0 Å². The van der Waals surface area contributed by atoms with Crippen molar-refractivity contribution < 1.29 is 4.74 Å². The van der Waals surface area contributed by atoms with Gasteiger partial charge in [0.2, 0.25) is 0 Å². The number of hydrogen-bond donors (Lipinski definition) is 1. The summed E-state index contributed by atoms with van der Waals surface area (Å²) in [5.74, 6) is 2.48. The zero-order valence-electron chi connectivity index (χ0n) is 13.8. The molecule has 0 aliphatic rings. The Labute approximate surface area is 132 Å².